The fourth-order valence-corrected chi connectivity index (χ4v) is 3.78. The number of aromatic nitrogens is 1. The van der Waals surface area contributed by atoms with Gasteiger partial charge in [0, 0.05) is 24.4 Å². The third kappa shape index (κ3) is 4.65. The highest BCUT2D eigenvalue weighted by Crippen LogP contribution is 2.30. The van der Waals surface area contributed by atoms with Gasteiger partial charge in [-0.2, -0.15) is 0 Å². The summed E-state index contributed by atoms with van der Waals surface area (Å²) in [6.07, 6.45) is 2.14. The summed E-state index contributed by atoms with van der Waals surface area (Å²) in [5.41, 5.74) is 0.413. The van der Waals surface area contributed by atoms with Crippen LogP contribution in [0.5, 0.6) is 0 Å². The molecule has 10 heteroatoms. The summed E-state index contributed by atoms with van der Waals surface area (Å²) in [4.78, 5) is 52.5. The predicted molar refractivity (Wildman–Crippen MR) is 106 cm³/mol. The minimum Gasteiger partial charge on any atom is -0.350 e. The van der Waals surface area contributed by atoms with E-state index >= 15 is 0 Å². The molecule has 0 radical (unpaired) electrons. The van der Waals surface area contributed by atoms with E-state index in [-0.39, 0.29) is 29.3 Å². The van der Waals surface area contributed by atoms with E-state index in [2.05, 4.69) is 10.3 Å². The molecule has 0 atom stereocenters. The minimum absolute atomic E-state index is 0.0702. The van der Waals surface area contributed by atoms with Crippen LogP contribution < -0.4 is 5.32 Å². The molecule has 1 aromatic heterocycles. The number of unbranched alkanes of at least 4 members (excludes halogenated alkanes) is 2. The van der Waals surface area contributed by atoms with Crippen LogP contribution in [0.25, 0.3) is 0 Å². The van der Waals surface area contributed by atoms with Crippen LogP contribution in [0.3, 0.4) is 0 Å². The van der Waals surface area contributed by atoms with Crippen LogP contribution >= 0.6 is 11.3 Å². The van der Waals surface area contributed by atoms with E-state index in [1.807, 2.05) is 12.3 Å². The SMILES string of the molecule is Cc1nc(CNC(=O)CCCCCN2C(=O)c3cccc([N+](=O)[O-])c3C2=O)cs1. The maximum Gasteiger partial charge on any atom is 0.282 e. The summed E-state index contributed by atoms with van der Waals surface area (Å²) in [5.74, 6) is -1.22. The Hall–Kier alpha value is -3.14. The van der Waals surface area contributed by atoms with Gasteiger partial charge in [-0.15, -0.1) is 11.3 Å². The Balaban J connectivity index is 1.42. The van der Waals surface area contributed by atoms with Crippen molar-refractivity contribution in [2.45, 2.75) is 39.2 Å². The van der Waals surface area contributed by atoms with Crippen molar-refractivity contribution in [2.24, 2.45) is 0 Å². The van der Waals surface area contributed by atoms with Crippen LogP contribution in [0.4, 0.5) is 5.69 Å². The maximum atomic E-state index is 12.5. The largest absolute Gasteiger partial charge is 0.350 e. The number of hydrogen-bond acceptors (Lipinski definition) is 7. The van der Waals surface area contributed by atoms with Crippen LogP contribution in [0.1, 0.15) is 57.1 Å². The summed E-state index contributed by atoms with van der Waals surface area (Å²) in [6, 6.07) is 4.05. The molecule has 29 heavy (non-hydrogen) atoms. The van der Waals surface area contributed by atoms with Gasteiger partial charge in [-0.1, -0.05) is 12.5 Å². The molecular formula is C19H20N4O5S. The molecule has 1 aromatic carbocycles. The zero-order chi connectivity index (χ0) is 21.0. The molecule has 0 spiro atoms. The Morgan fingerprint density at radius 2 is 2.03 bits per heavy atom. The number of thiazole rings is 1. The van der Waals surface area contributed by atoms with Gasteiger partial charge in [0.15, 0.2) is 0 Å². The van der Waals surface area contributed by atoms with Gasteiger partial charge in [-0.05, 0) is 25.8 Å². The number of fused-ring (bicyclic) bond motifs is 1. The molecule has 9 nitrogen and oxygen atoms in total. The van der Waals surface area contributed by atoms with Crippen LogP contribution in [0.15, 0.2) is 23.6 Å². The first-order valence-corrected chi connectivity index (χ1v) is 10.1. The first-order valence-electron chi connectivity index (χ1n) is 9.19. The normalized spacial score (nSPS) is 12.9. The summed E-state index contributed by atoms with van der Waals surface area (Å²) < 4.78 is 0. The lowest BCUT2D eigenvalue weighted by Gasteiger charge is -2.13. The van der Waals surface area contributed by atoms with E-state index in [9.17, 15) is 24.5 Å². The minimum atomic E-state index is -0.654. The second-order valence-electron chi connectivity index (χ2n) is 6.66. The lowest BCUT2D eigenvalue weighted by Crippen LogP contribution is -2.30. The lowest BCUT2D eigenvalue weighted by atomic mass is 10.1. The number of nitro benzene ring substituents is 1. The summed E-state index contributed by atoms with van der Waals surface area (Å²) in [6.45, 7) is 2.47. The number of nitro groups is 1. The average molecular weight is 416 g/mol. The van der Waals surface area contributed by atoms with Crippen molar-refractivity contribution in [3.8, 4) is 0 Å². The Kier molecular flexibility index (Phi) is 6.32. The molecule has 0 aliphatic carbocycles. The highest BCUT2D eigenvalue weighted by Gasteiger charge is 2.40. The van der Waals surface area contributed by atoms with Crippen LogP contribution in [0.2, 0.25) is 0 Å². The summed E-state index contributed by atoms with van der Waals surface area (Å²) in [5, 5.41) is 16.8. The Labute approximate surface area is 170 Å². The highest BCUT2D eigenvalue weighted by atomic mass is 32.1. The number of carbonyl (C=O) groups excluding carboxylic acids is 3. The van der Waals surface area contributed by atoms with E-state index in [0.29, 0.717) is 32.2 Å². The van der Waals surface area contributed by atoms with Crippen molar-refractivity contribution in [1.82, 2.24) is 15.2 Å². The zero-order valence-corrected chi connectivity index (χ0v) is 16.7. The van der Waals surface area contributed by atoms with Crippen molar-refractivity contribution in [3.05, 3.63) is 55.5 Å². The van der Waals surface area contributed by atoms with Crippen molar-refractivity contribution < 1.29 is 19.3 Å². The lowest BCUT2D eigenvalue weighted by molar-refractivity contribution is -0.385. The van der Waals surface area contributed by atoms with Gasteiger partial charge < -0.3 is 5.32 Å². The van der Waals surface area contributed by atoms with Crippen LogP contribution in [-0.4, -0.2) is 39.1 Å². The molecule has 0 saturated heterocycles. The molecule has 1 aliphatic rings. The second kappa shape index (κ2) is 8.91. The molecule has 1 aliphatic heterocycles. The highest BCUT2D eigenvalue weighted by molar-refractivity contribution is 7.09. The standard InChI is InChI=1S/C19H20N4O5S/c1-12-21-13(11-29-12)10-20-16(24)8-3-2-4-9-22-18(25)14-6-5-7-15(23(27)28)17(14)19(22)26/h5-7,11H,2-4,8-10H2,1H3,(H,20,24). The second-order valence-corrected chi connectivity index (χ2v) is 7.73. The Morgan fingerprint density at radius 1 is 1.24 bits per heavy atom. The van der Waals surface area contributed by atoms with E-state index < -0.39 is 16.7 Å². The van der Waals surface area contributed by atoms with Crippen molar-refractivity contribution in [2.75, 3.05) is 6.54 Å². The molecule has 3 rings (SSSR count). The van der Waals surface area contributed by atoms with Crippen molar-refractivity contribution >= 4 is 34.7 Å². The quantitative estimate of drug-likeness (QED) is 0.290. The zero-order valence-electron chi connectivity index (χ0n) is 15.8. The number of carbonyl (C=O) groups is 3. The number of rotatable bonds is 9. The van der Waals surface area contributed by atoms with Gasteiger partial charge in [0.2, 0.25) is 5.91 Å². The predicted octanol–water partition coefficient (Wildman–Crippen LogP) is 2.83. The summed E-state index contributed by atoms with van der Waals surface area (Å²) in [7, 11) is 0. The molecule has 2 aromatic rings. The summed E-state index contributed by atoms with van der Waals surface area (Å²) >= 11 is 1.53. The van der Waals surface area contributed by atoms with Gasteiger partial charge in [-0.3, -0.25) is 29.4 Å². The van der Waals surface area contributed by atoms with Crippen molar-refractivity contribution in [1.29, 1.82) is 0 Å². The Morgan fingerprint density at radius 3 is 2.72 bits per heavy atom. The molecular weight excluding hydrogens is 396 g/mol. The number of nitrogens with one attached hydrogen (secondary N) is 1. The van der Waals surface area contributed by atoms with E-state index in [1.165, 1.54) is 29.5 Å². The topological polar surface area (TPSA) is 123 Å². The molecule has 0 bridgehead atoms. The van der Waals surface area contributed by atoms with E-state index in [1.54, 1.807) is 0 Å². The van der Waals surface area contributed by atoms with Gasteiger partial charge in [0.1, 0.15) is 5.56 Å². The maximum absolute atomic E-state index is 12.5. The molecule has 0 unspecified atom stereocenters. The van der Waals surface area contributed by atoms with E-state index in [0.717, 1.165) is 15.6 Å². The molecule has 2 heterocycles. The Bertz CT molecular complexity index is 971. The number of aryl methyl sites for hydroxylation is 1. The number of nitrogens with zero attached hydrogens (tertiary/aromatic N) is 3. The molecule has 0 saturated carbocycles. The van der Waals surface area contributed by atoms with Crippen LogP contribution in [-0.2, 0) is 11.3 Å². The third-order valence-electron chi connectivity index (χ3n) is 4.59. The average Bonchev–Trinajstić information content (AvgIpc) is 3.22. The molecule has 1 N–H and O–H groups in total. The first kappa shape index (κ1) is 20.6. The van der Waals surface area contributed by atoms with Gasteiger partial charge in [-0.25, -0.2) is 4.98 Å². The number of amides is 3. The number of hydrogen-bond donors (Lipinski definition) is 1. The fourth-order valence-electron chi connectivity index (χ4n) is 3.17. The molecule has 0 fully saturated rings. The van der Waals surface area contributed by atoms with Crippen molar-refractivity contribution in [3.63, 3.8) is 0 Å². The first-order chi connectivity index (χ1) is 13.9. The van der Waals surface area contributed by atoms with Crippen LogP contribution in [0, 0.1) is 17.0 Å². The third-order valence-corrected chi connectivity index (χ3v) is 5.41. The van der Waals surface area contributed by atoms with E-state index in [4.69, 9.17) is 0 Å². The van der Waals surface area contributed by atoms with Gasteiger partial charge in [0.05, 0.1) is 27.7 Å². The smallest absolute Gasteiger partial charge is 0.282 e. The van der Waals surface area contributed by atoms with Gasteiger partial charge >= 0.3 is 0 Å². The number of benzene rings is 1. The fraction of sp³-hybridized carbons (Fsp3) is 0.368. The monoisotopic (exact) mass is 416 g/mol. The molecule has 152 valence electrons. The molecule has 3 amide bonds. The number of imide groups is 1. The van der Waals surface area contributed by atoms with Gasteiger partial charge in [0.25, 0.3) is 17.5 Å².